The van der Waals surface area contributed by atoms with Crippen LogP contribution in [0.2, 0.25) is 11.1 Å². The maximum atomic E-state index is 11.1. The van der Waals surface area contributed by atoms with Crippen molar-refractivity contribution in [3.63, 3.8) is 0 Å². The average molecular weight is 201 g/mol. The van der Waals surface area contributed by atoms with Crippen LogP contribution in [0, 0.1) is 0 Å². The number of rotatable bonds is 3. The Labute approximate surface area is 80.8 Å². The van der Waals surface area contributed by atoms with Crippen LogP contribution in [0.4, 0.5) is 0 Å². The molecule has 1 heterocycles. The van der Waals surface area contributed by atoms with Gasteiger partial charge in [-0.25, -0.2) is 0 Å². The van der Waals surface area contributed by atoms with E-state index in [0.717, 1.165) is 25.5 Å². The molecule has 13 heavy (non-hydrogen) atoms. The van der Waals surface area contributed by atoms with Crippen molar-refractivity contribution >= 4 is 15.0 Å². The number of carboxylic acid groups (broad SMARTS) is 1. The van der Waals surface area contributed by atoms with Gasteiger partial charge in [0.05, 0.1) is 5.04 Å². The summed E-state index contributed by atoms with van der Waals surface area (Å²) < 4.78 is 5.62. The van der Waals surface area contributed by atoms with Gasteiger partial charge in [0, 0.05) is 6.61 Å². The fourth-order valence-corrected chi connectivity index (χ4v) is 4.17. The van der Waals surface area contributed by atoms with Crippen molar-refractivity contribution in [2.45, 2.75) is 44.2 Å². The third-order valence-corrected chi connectivity index (χ3v) is 6.03. The van der Waals surface area contributed by atoms with Gasteiger partial charge in [0.1, 0.15) is 0 Å². The highest BCUT2D eigenvalue weighted by atomic mass is 28.3. The topological polar surface area (TPSA) is 46.5 Å². The molecule has 1 atom stereocenters. The number of carbonyl (C=O) groups is 1. The standard InChI is InChI=1S/C9H17O3Si/c1-3-9(2,8(10)11)13-7-5-4-6-12-13/h3-7H2,1-2H3,(H,10,11). The SMILES string of the molecule is CCC(C)(C(=O)O)[Si]1CCCCO1. The molecule has 4 heteroatoms. The van der Waals surface area contributed by atoms with Crippen LogP contribution in [0.1, 0.15) is 33.1 Å². The molecule has 1 radical (unpaired) electrons. The molecule has 3 nitrogen and oxygen atoms in total. The summed E-state index contributed by atoms with van der Waals surface area (Å²) in [7, 11) is -1.13. The van der Waals surface area contributed by atoms with E-state index in [0.29, 0.717) is 6.42 Å². The third kappa shape index (κ3) is 2.11. The summed E-state index contributed by atoms with van der Waals surface area (Å²) >= 11 is 0. The molecular weight excluding hydrogens is 184 g/mol. The van der Waals surface area contributed by atoms with Crippen LogP contribution in [-0.2, 0) is 9.22 Å². The Balaban J connectivity index is 2.68. The molecule has 0 aromatic carbocycles. The number of hydrogen-bond donors (Lipinski definition) is 1. The summed E-state index contributed by atoms with van der Waals surface area (Å²) in [5, 5.41) is 8.54. The second-order valence-corrected chi connectivity index (χ2v) is 6.46. The van der Waals surface area contributed by atoms with Crippen LogP contribution in [0.3, 0.4) is 0 Å². The highest BCUT2D eigenvalue weighted by molar-refractivity contribution is 6.60. The first kappa shape index (κ1) is 10.7. The lowest BCUT2D eigenvalue weighted by Crippen LogP contribution is -2.41. The highest BCUT2D eigenvalue weighted by Gasteiger charge is 2.43. The van der Waals surface area contributed by atoms with E-state index in [1.165, 1.54) is 0 Å². The smallest absolute Gasteiger partial charge is 0.308 e. The molecule has 1 saturated heterocycles. The van der Waals surface area contributed by atoms with Gasteiger partial charge in [0.2, 0.25) is 9.04 Å². The van der Waals surface area contributed by atoms with E-state index in [4.69, 9.17) is 9.53 Å². The van der Waals surface area contributed by atoms with Crippen LogP contribution in [0.25, 0.3) is 0 Å². The fraction of sp³-hybridized carbons (Fsp3) is 0.889. The van der Waals surface area contributed by atoms with E-state index >= 15 is 0 Å². The van der Waals surface area contributed by atoms with Crippen molar-refractivity contribution in [1.29, 1.82) is 0 Å². The largest absolute Gasteiger partial charge is 0.481 e. The lowest BCUT2D eigenvalue weighted by Gasteiger charge is -2.33. The summed E-state index contributed by atoms with van der Waals surface area (Å²) in [6, 6.07) is 0.987. The Bertz CT molecular complexity index is 189. The maximum Gasteiger partial charge on any atom is 0.308 e. The van der Waals surface area contributed by atoms with E-state index in [9.17, 15) is 4.79 Å². The van der Waals surface area contributed by atoms with E-state index in [2.05, 4.69) is 0 Å². The normalized spacial score (nSPS) is 23.8. The molecule has 0 bridgehead atoms. The maximum absolute atomic E-state index is 11.1. The van der Waals surface area contributed by atoms with Gasteiger partial charge in [-0.15, -0.1) is 0 Å². The van der Waals surface area contributed by atoms with Crippen molar-refractivity contribution in [3.8, 4) is 0 Å². The van der Waals surface area contributed by atoms with Gasteiger partial charge >= 0.3 is 5.97 Å². The van der Waals surface area contributed by atoms with E-state index in [1.807, 2.05) is 13.8 Å². The molecule has 1 rings (SSSR count). The molecule has 1 unspecified atom stereocenters. The summed E-state index contributed by atoms with van der Waals surface area (Å²) in [5.74, 6) is -0.689. The lowest BCUT2D eigenvalue weighted by atomic mass is 10.1. The molecular formula is C9H17O3Si. The van der Waals surface area contributed by atoms with Gasteiger partial charge in [-0.2, -0.15) is 0 Å². The summed E-state index contributed by atoms with van der Waals surface area (Å²) in [6.45, 7) is 4.52. The Morgan fingerprint density at radius 1 is 1.62 bits per heavy atom. The van der Waals surface area contributed by atoms with Gasteiger partial charge in [-0.05, 0) is 25.8 Å². The molecule has 75 valence electrons. The molecule has 0 aromatic rings. The molecule has 1 aliphatic heterocycles. The monoisotopic (exact) mass is 201 g/mol. The Hall–Kier alpha value is -0.353. The van der Waals surface area contributed by atoms with Crippen LogP contribution in [0.5, 0.6) is 0 Å². The van der Waals surface area contributed by atoms with Gasteiger partial charge < -0.3 is 9.53 Å². The predicted molar refractivity (Wildman–Crippen MR) is 52.0 cm³/mol. The quantitative estimate of drug-likeness (QED) is 0.711. The first-order valence-corrected chi connectivity index (χ1v) is 6.45. The molecule has 0 amide bonds. The van der Waals surface area contributed by atoms with Crippen molar-refractivity contribution in [3.05, 3.63) is 0 Å². The first-order valence-electron chi connectivity index (χ1n) is 4.83. The minimum Gasteiger partial charge on any atom is -0.481 e. The molecule has 0 spiro atoms. The second-order valence-electron chi connectivity index (χ2n) is 3.72. The Kier molecular flexibility index (Phi) is 3.50. The molecule has 1 fully saturated rings. The minimum absolute atomic E-state index is 0.592. The van der Waals surface area contributed by atoms with Gasteiger partial charge in [0.15, 0.2) is 0 Å². The predicted octanol–water partition coefficient (Wildman–Crippen LogP) is 2.04. The van der Waals surface area contributed by atoms with Crippen LogP contribution >= 0.6 is 0 Å². The average Bonchev–Trinajstić information content (AvgIpc) is 2.17. The zero-order valence-electron chi connectivity index (χ0n) is 8.30. The van der Waals surface area contributed by atoms with E-state index < -0.39 is 20.0 Å². The van der Waals surface area contributed by atoms with Crippen molar-refractivity contribution in [2.24, 2.45) is 0 Å². The van der Waals surface area contributed by atoms with Crippen molar-refractivity contribution in [2.75, 3.05) is 6.61 Å². The minimum atomic E-state index is -1.13. The van der Waals surface area contributed by atoms with E-state index in [-0.39, 0.29) is 0 Å². The summed E-state index contributed by atoms with van der Waals surface area (Å²) in [4.78, 5) is 11.1. The molecule has 1 aliphatic rings. The van der Waals surface area contributed by atoms with Gasteiger partial charge in [-0.3, -0.25) is 4.79 Å². The Morgan fingerprint density at radius 3 is 2.69 bits per heavy atom. The highest BCUT2D eigenvalue weighted by Crippen LogP contribution is 2.38. The number of hydrogen-bond acceptors (Lipinski definition) is 2. The molecule has 0 aliphatic carbocycles. The molecule has 0 aromatic heterocycles. The van der Waals surface area contributed by atoms with Gasteiger partial charge in [0.25, 0.3) is 0 Å². The number of aliphatic carboxylic acids is 1. The summed E-state index contributed by atoms with van der Waals surface area (Å²) in [5.41, 5.74) is 0. The lowest BCUT2D eigenvalue weighted by molar-refractivity contribution is -0.140. The molecule has 1 N–H and O–H groups in total. The van der Waals surface area contributed by atoms with Crippen LogP contribution < -0.4 is 0 Å². The third-order valence-electron chi connectivity index (χ3n) is 2.87. The second kappa shape index (κ2) is 4.24. The summed E-state index contributed by atoms with van der Waals surface area (Å²) in [6.07, 6.45) is 2.90. The van der Waals surface area contributed by atoms with Crippen LogP contribution in [-0.4, -0.2) is 26.7 Å². The van der Waals surface area contributed by atoms with E-state index in [1.54, 1.807) is 0 Å². The zero-order valence-corrected chi connectivity index (χ0v) is 9.30. The zero-order chi connectivity index (χ0) is 9.90. The Morgan fingerprint density at radius 2 is 2.31 bits per heavy atom. The molecule has 0 saturated carbocycles. The van der Waals surface area contributed by atoms with Crippen molar-refractivity contribution < 1.29 is 14.3 Å². The van der Waals surface area contributed by atoms with Crippen molar-refractivity contribution in [1.82, 2.24) is 0 Å². The fourth-order valence-electron chi connectivity index (χ4n) is 1.56. The van der Waals surface area contributed by atoms with Crippen LogP contribution in [0.15, 0.2) is 0 Å². The first-order chi connectivity index (χ1) is 6.11. The van der Waals surface area contributed by atoms with Gasteiger partial charge in [-0.1, -0.05) is 13.3 Å². The number of carboxylic acids is 1.